The minimum absolute atomic E-state index is 0.104. The van der Waals surface area contributed by atoms with Crippen LogP contribution in [0.1, 0.15) is 10.9 Å². The molecule has 4 rings (SSSR count). The van der Waals surface area contributed by atoms with Crippen LogP contribution in [0.5, 0.6) is 11.5 Å². The van der Waals surface area contributed by atoms with Crippen LogP contribution in [0.4, 0.5) is 14.9 Å². The summed E-state index contributed by atoms with van der Waals surface area (Å²) in [6, 6.07) is 11.4. The lowest BCUT2D eigenvalue weighted by molar-refractivity contribution is 0.174. The van der Waals surface area contributed by atoms with Crippen LogP contribution >= 0.6 is 11.8 Å². The van der Waals surface area contributed by atoms with Crippen molar-refractivity contribution in [3.8, 4) is 11.5 Å². The molecule has 24 heavy (non-hydrogen) atoms. The van der Waals surface area contributed by atoms with Gasteiger partial charge in [-0.25, -0.2) is 9.18 Å². The number of halogens is 1. The number of nitrogens with zero attached hydrogens (tertiary/aromatic N) is 1. The Kier molecular flexibility index (Phi) is 3.93. The quantitative estimate of drug-likeness (QED) is 0.898. The minimum atomic E-state index is -0.379. The van der Waals surface area contributed by atoms with E-state index >= 15 is 0 Å². The second-order valence-corrected chi connectivity index (χ2v) is 6.66. The molecule has 0 spiro atoms. The van der Waals surface area contributed by atoms with Crippen molar-refractivity contribution in [2.45, 2.75) is 5.37 Å². The van der Waals surface area contributed by atoms with Gasteiger partial charge in [-0.1, -0.05) is 12.1 Å². The molecule has 1 fully saturated rings. The number of hydrogen-bond donors (Lipinski definition) is 1. The minimum Gasteiger partial charge on any atom is -0.454 e. The van der Waals surface area contributed by atoms with Gasteiger partial charge >= 0.3 is 6.03 Å². The molecule has 2 aromatic carbocycles. The van der Waals surface area contributed by atoms with Crippen molar-refractivity contribution in [3.05, 3.63) is 53.8 Å². The average molecular weight is 346 g/mol. The molecule has 2 amide bonds. The number of hydrogen-bond acceptors (Lipinski definition) is 4. The Bertz CT molecular complexity index is 786. The maximum Gasteiger partial charge on any atom is 0.323 e. The van der Waals surface area contributed by atoms with Gasteiger partial charge in [0, 0.05) is 18.0 Å². The van der Waals surface area contributed by atoms with Crippen molar-refractivity contribution in [1.29, 1.82) is 0 Å². The molecule has 2 aliphatic rings. The fourth-order valence-corrected chi connectivity index (χ4v) is 4.03. The van der Waals surface area contributed by atoms with E-state index in [9.17, 15) is 9.18 Å². The van der Waals surface area contributed by atoms with E-state index in [1.807, 2.05) is 18.2 Å². The second kappa shape index (κ2) is 6.24. The summed E-state index contributed by atoms with van der Waals surface area (Å²) < 4.78 is 24.0. The van der Waals surface area contributed by atoms with E-state index in [1.54, 1.807) is 28.8 Å². The predicted molar refractivity (Wildman–Crippen MR) is 89.9 cm³/mol. The predicted octanol–water partition coefficient (Wildman–Crippen LogP) is 3.83. The molecule has 2 aromatic rings. The molecule has 2 aliphatic heterocycles. The highest BCUT2D eigenvalue weighted by atomic mass is 32.2. The average Bonchev–Trinajstić information content (AvgIpc) is 3.23. The molecule has 0 saturated carbocycles. The van der Waals surface area contributed by atoms with E-state index in [-0.39, 0.29) is 24.0 Å². The summed E-state index contributed by atoms with van der Waals surface area (Å²) in [5.74, 6) is 1.88. The molecule has 124 valence electrons. The Morgan fingerprint density at radius 3 is 2.96 bits per heavy atom. The van der Waals surface area contributed by atoms with Crippen molar-refractivity contribution < 1.29 is 18.7 Å². The number of anilines is 1. The Morgan fingerprint density at radius 1 is 1.21 bits per heavy atom. The fraction of sp³-hybridized carbons (Fsp3) is 0.235. The first-order chi connectivity index (χ1) is 11.7. The number of thioether (sulfide) groups is 1. The van der Waals surface area contributed by atoms with Crippen molar-refractivity contribution in [2.24, 2.45) is 0 Å². The zero-order valence-electron chi connectivity index (χ0n) is 12.7. The monoisotopic (exact) mass is 346 g/mol. The third kappa shape index (κ3) is 2.87. The zero-order chi connectivity index (χ0) is 16.5. The maximum absolute atomic E-state index is 13.3. The Labute approximate surface area is 142 Å². The van der Waals surface area contributed by atoms with Crippen LogP contribution in [0.15, 0.2) is 42.5 Å². The number of rotatable bonds is 2. The van der Waals surface area contributed by atoms with Gasteiger partial charge in [0.1, 0.15) is 11.2 Å². The number of urea groups is 1. The highest BCUT2D eigenvalue weighted by Crippen LogP contribution is 2.42. The summed E-state index contributed by atoms with van der Waals surface area (Å²) in [4.78, 5) is 14.3. The van der Waals surface area contributed by atoms with E-state index < -0.39 is 0 Å². The smallest absolute Gasteiger partial charge is 0.323 e. The van der Waals surface area contributed by atoms with Gasteiger partial charge in [-0.15, -0.1) is 11.8 Å². The number of nitrogens with one attached hydrogen (secondary N) is 1. The van der Waals surface area contributed by atoms with E-state index in [2.05, 4.69) is 5.32 Å². The van der Waals surface area contributed by atoms with E-state index in [1.165, 1.54) is 12.1 Å². The van der Waals surface area contributed by atoms with Crippen LogP contribution in [0.25, 0.3) is 0 Å². The summed E-state index contributed by atoms with van der Waals surface area (Å²) in [5, 5.41) is 2.65. The first kappa shape index (κ1) is 15.1. The van der Waals surface area contributed by atoms with Crippen LogP contribution < -0.4 is 14.8 Å². The van der Waals surface area contributed by atoms with E-state index in [0.717, 1.165) is 17.1 Å². The molecule has 0 aromatic heterocycles. The van der Waals surface area contributed by atoms with Crippen molar-refractivity contribution in [3.63, 3.8) is 0 Å². The summed E-state index contributed by atoms with van der Waals surface area (Å²) in [6.07, 6.45) is 0. The van der Waals surface area contributed by atoms with E-state index in [0.29, 0.717) is 18.0 Å². The summed E-state index contributed by atoms with van der Waals surface area (Å²) in [7, 11) is 0. The van der Waals surface area contributed by atoms with Gasteiger partial charge in [-0.05, 0) is 35.9 Å². The van der Waals surface area contributed by atoms with E-state index in [4.69, 9.17) is 9.47 Å². The number of ether oxygens (including phenoxy) is 2. The van der Waals surface area contributed by atoms with Crippen molar-refractivity contribution in [1.82, 2.24) is 4.90 Å². The van der Waals surface area contributed by atoms with Gasteiger partial charge in [-0.2, -0.15) is 0 Å². The van der Waals surface area contributed by atoms with Crippen LogP contribution in [-0.2, 0) is 0 Å². The molecule has 1 saturated heterocycles. The third-order valence-electron chi connectivity index (χ3n) is 3.91. The number of benzene rings is 2. The van der Waals surface area contributed by atoms with Crippen molar-refractivity contribution >= 4 is 23.5 Å². The lowest BCUT2D eigenvalue weighted by atomic mass is 10.2. The standard InChI is InChI=1S/C17H15FN2O3S/c18-12-2-1-3-13(9-12)19-17(21)20-6-7-24-16(20)11-4-5-14-15(8-11)23-10-22-14/h1-5,8-9,16H,6-7,10H2,(H,19,21)/t16-/m1/s1. The first-order valence-electron chi connectivity index (χ1n) is 7.55. The molecule has 7 heteroatoms. The van der Waals surface area contributed by atoms with Gasteiger partial charge in [0.2, 0.25) is 6.79 Å². The topological polar surface area (TPSA) is 50.8 Å². The molecular formula is C17H15FN2O3S. The molecular weight excluding hydrogens is 331 g/mol. The highest BCUT2D eigenvalue weighted by molar-refractivity contribution is 7.99. The molecule has 0 aliphatic carbocycles. The highest BCUT2D eigenvalue weighted by Gasteiger charge is 2.31. The lowest BCUT2D eigenvalue weighted by Crippen LogP contribution is -2.34. The number of carbonyl (C=O) groups is 1. The Hall–Kier alpha value is -2.41. The normalized spacial score (nSPS) is 18.7. The summed E-state index contributed by atoms with van der Waals surface area (Å²) in [5.41, 5.74) is 1.43. The van der Waals surface area contributed by atoms with Crippen molar-refractivity contribution in [2.75, 3.05) is 24.4 Å². The molecule has 5 nitrogen and oxygen atoms in total. The Morgan fingerprint density at radius 2 is 2.08 bits per heavy atom. The van der Waals surface area contributed by atoms with Crippen LogP contribution in [0.3, 0.4) is 0 Å². The lowest BCUT2D eigenvalue weighted by Gasteiger charge is -2.24. The van der Waals surface area contributed by atoms with Gasteiger partial charge in [-0.3, -0.25) is 0 Å². The van der Waals surface area contributed by atoms with Gasteiger partial charge in [0.15, 0.2) is 11.5 Å². The molecule has 2 heterocycles. The SMILES string of the molecule is O=C(Nc1cccc(F)c1)N1CCS[C@@H]1c1ccc2c(c1)OCO2. The summed E-state index contributed by atoms with van der Waals surface area (Å²) in [6.45, 7) is 0.852. The molecule has 0 radical (unpaired) electrons. The number of amides is 2. The molecule has 1 N–H and O–H groups in total. The van der Waals surface area contributed by atoms with Gasteiger partial charge in [0.05, 0.1) is 0 Å². The molecule has 1 atom stereocenters. The first-order valence-corrected chi connectivity index (χ1v) is 8.60. The molecule has 0 bridgehead atoms. The second-order valence-electron chi connectivity index (χ2n) is 5.47. The van der Waals surface area contributed by atoms with Crippen LogP contribution in [0.2, 0.25) is 0 Å². The number of carbonyl (C=O) groups excluding carboxylic acids is 1. The fourth-order valence-electron chi connectivity index (χ4n) is 2.78. The van der Waals surface area contributed by atoms with Gasteiger partial charge < -0.3 is 19.7 Å². The Balaban J connectivity index is 1.53. The molecule has 0 unspecified atom stereocenters. The maximum atomic E-state index is 13.3. The summed E-state index contributed by atoms with van der Waals surface area (Å²) >= 11 is 1.69. The van der Waals surface area contributed by atoms with Crippen LogP contribution in [-0.4, -0.2) is 30.0 Å². The zero-order valence-corrected chi connectivity index (χ0v) is 13.5. The third-order valence-corrected chi connectivity index (χ3v) is 5.17. The van der Waals surface area contributed by atoms with Gasteiger partial charge in [0.25, 0.3) is 0 Å². The van der Waals surface area contributed by atoms with Crippen LogP contribution in [0, 0.1) is 5.82 Å². The number of fused-ring (bicyclic) bond motifs is 1. The largest absolute Gasteiger partial charge is 0.454 e.